The Bertz CT molecular complexity index is 1370. The fourth-order valence-electron chi connectivity index (χ4n) is 3.78. The minimum atomic E-state index is -3.80. The smallest absolute Gasteiger partial charge is 0.408 e. The summed E-state index contributed by atoms with van der Waals surface area (Å²) in [5.74, 6) is 0.0718. The van der Waals surface area contributed by atoms with E-state index < -0.39 is 21.8 Å². The van der Waals surface area contributed by atoms with Gasteiger partial charge in [-0.1, -0.05) is 6.07 Å². The number of aromatic nitrogens is 4. The number of pyridine rings is 1. The van der Waals surface area contributed by atoms with Crippen LogP contribution in [-0.4, -0.2) is 38.4 Å². The summed E-state index contributed by atoms with van der Waals surface area (Å²) in [5.41, 5.74) is 1.47. The third-order valence-corrected chi connectivity index (χ3v) is 7.12. The second-order valence-electron chi connectivity index (χ2n) is 6.82. The molecular weight excluding hydrogens is 382 g/mol. The lowest BCUT2D eigenvalue weighted by Crippen LogP contribution is -2.31. The first-order chi connectivity index (χ1) is 13.5. The molecule has 0 amide bonds. The lowest BCUT2D eigenvalue weighted by atomic mass is 10.2. The van der Waals surface area contributed by atoms with Gasteiger partial charge >= 0.3 is 5.76 Å². The molecule has 144 valence electrons. The molecule has 0 spiro atoms. The summed E-state index contributed by atoms with van der Waals surface area (Å²) >= 11 is 0. The van der Waals surface area contributed by atoms with Gasteiger partial charge < -0.3 is 4.42 Å². The Morgan fingerprint density at radius 2 is 2.04 bits per heavy atom. The van der Waals surface area contributed by atoms with Gasteiger partial charge in [-0.15, -0.1) is 10.2 Å². The normalized spacial score (nSPS) is 18.4. The first kappa shape index (κ1) is 17.1. The van der Waals surface area contributed by atoms with Gasteiger partial charge in [0.1, 0.15) is 0 Å². The maximum absolute atomic E-state index is 13.4. The SMILES string of the molecule is Cn1c(=O)oc2cc(S(=O)(=O)N3CCC[C@@H]3c3nnc4ccccn34)ccc21. The van der Waals surface area contributed by atoms with E-state index >= 15 is 0 Å². The Balaban J connectivity index is 1.59. The van der Waals surface area contributed by atoms with E-state index in [1.807, 2.05) is 28.8 Å². The van der Waals surface area contributed by atoms with Crippen LogP contribution >= 0.6 is 0 Å². The van der Waals surface area contributed by atoms with Crippen LogP contribution in [0.4, 0.5) is 0 Å². The quantitative estimate of drug-likeness (QED) is 0.520. The molecule has 1 aliphatic rings. The van der Waals surface area contributed by atoms with Crippen LogP contribution in [0.2, 0.25) is 0 Å². The molecule has 0 aliphatic carbocycles. The summed E-state index contributed by atoms with van der Waals surface area (Å²) in [6, 6.07) is 9.65. The summed E-state index contributed by atoms with van der Waals surface area (Å²) in [7, 11) is -2.22. The third kappa shape index (κ3) is 2.41. The second-order valence-corrected chi connectivity index (χ2v) is 8.71. The fraction of sp³-hybridized carbons (Fsp3) is 0.278. The molecule has 3 aromatic heterocycles. The van der Waals surface area contributed by atoms with Crippen molar-refractivity contribution in [3.63, 3.8) is 0 Å². The van der Waals surface area contributed by atoms with Gasteiger partial charge in [0.2, 0.25) is 10.0 Å². The minimum Gasteiger partial charge on any atom is -0.408 e. The number of sulfonamides is 1. The Morgan fingerprint density at radius 3 is 2.89 bits per heavy atom. The molecule has 0 N–H and O–H groups in total. The largest absolute Gasteiger partial charge is 0.419 e. The summed E-state index contributed by atoms with van der Waals surface area (Å²) in [6.45, 7) is 0.394. The van der Waals surface area contributed by atoms with E-state index in [4.69, 9.17) is 4.42 Å². The van der Waals surface area contributed by atoms with Gasteiger partial charge in [0, 0.05) is 25.9 Å². The maximum atomic E-state index is 13.4. The average molecular weight is 399 g/mol. The number of fused-ring (bicyclic) bond motifs is 2. The molecule has 0 bridgehead atoms. The van der Waals surface area contributed by atoms with E-state index in [-0.39, 0.29) is 10.5 Å². The monoisotopic (exact) mass is 399 g/mol. The van der Waals surface area contributed by atoms with Crippen molar-refractivity contribution < 1.29 is 12.8 Å². The fourth-order valence-corrected chi connectivity index (χ4v) is 5.45. The molecular formula is C18H17N5O4S. The standard InChI is InChI=1S/C18H17N5O4S/c1-21-13-8-7-12(11-15(13)27-18(21)24)28(25,26)23-10-4-5-14(23)17-20-19-16-6-2-3-9-22(16)17/h2-3,6-9,11,14H,4-5,10H2,1H3/t14-/m1/s1. The van der Waals surface area contributed by atoms with Crippen molar-refractivity contribution in [3.8, 4) is 0 Å². The number of hydrogen-bond acceptors (Lipinski definition) is 6. The van der Waals surface area contributed by atoms with Crippen molar-refractivity contribution in [1.29, 1.82) is 0 Å². The Labute approximate surface area is 159 Å². The van der Waals surface area contributed by atoms with Crippen molar-refractivity contribution in [2.45, 2.75) is 23.8 Å². The molecule has 9 nitrogen and oxygen atoms in total. The number of nitrogens with zero attached hydrogens (tertiary/aromatic N) is 5. The number of benzene rings is 1. The van der Waals surface area contributed by atoms with Crippen LogP contribution in [0.3, 0.4) is 0 Å². The topological polar surface area (TPSA) is 103 Å². The van der Waals surface area contributed by atoms with Gasteiger partial charge in [0.25, 0.3) is 0 Å². The van der Waals surface area contributed by atoms with Crippen LogP contribution in [0, 0.1) is 0 Å². The summed E-state index contributed by atoms with van der Waals surface area (Å²) in [5, 5.41) is 8.39. The zero-order chi connectivity index (χ0) is 19.5. The first-order valence-electron chi connectivity index (χ1n) is 8.88. The van der Waals surface area contributed by atoms with Crippen LogP contribution in [-0.2, 0) is 17.1 Å². The van der Waals surface area contributed by atoms with E-state index in [0.29, 0.717) is 30.0 Å². The van der Waals surface area contributed by atoms with Gasteiger partial charge in [0.05, 0.1) is 16.5 Å². The van der Waals surface area contributed by atoms with Crippen molar-refractivity contribution >= 4 is 26.8 Å². The lowest BCUT2D eigenvalue weighted by molar-refractivity contribution is 0.381. The molecule has 1 atom stereocenters. The van der Waals surface area contributed by atoms with Gasteiger partial charge in [0.15, 0.2) is 17.1 Å². The van der Waals surface area contributed by atoms with E-state index in [9.17, 15) is 13.2 Å². The molecule has 1 fully saturated rings. The third-order valence-electron chi connectivity index (χ3n) is 5.21. The molecule has 1 aromatic carbocycles. The van der Waals surface area contributed by atoms with E-state index in [1.54, 1.807) is 13.1 Å². The lowest BCUT2D eigenvalue weighted by Gasteiger charge is -2.23. The number of oxazole rings is 1. The molecule has 4 heterocycles. The van der Waals surface area contributed by atoms with E-state index in [1.165, 1.54) is 21.0 Å². The van der Waals surface area contributed by atoms with Gasteiger partial charge in [-0.2, -0.15) is 4.31 Å². The van der Waals surface area contributed by atoms with Crippen molar-refractivity contribution in [1.82, 2.24) is 23.5 Å². The van der Waals surface area contributed by atoms with Crippen LogP contribution in [0.1, 0.15) is 24.7 Å². The van der Waals surface area contributed by atoms with Gasteiger partial charge in [-0.05, 0) is 37.1 Å². The van der Waals surface area contributed by atoms with Crippen molar-refractivity contribution in [2.24, 2.45) is 7.05 Å². The summed E-state index contributed by atoms with van der Waals surface area (Å²) in [4.78, 5) is 11.8. The van der Waals surface area contributed by atoms with Crippen LogP contribution in [0.25, 0.3) is 16.7 Å². The van der Waals surface area contributed by atoms with Gasteiger partial charge in [-0.25, -0.2) is 13.2 Å². The van der Waals surface area contributed by atoms with Crippen LogP contribution < -0.4 is 5.76 Å². The number of aryl methyl sites for hydroxylation is 1. The average Bonchev–Trinajstić information content (AvgIpc) is 3.39. The molecule has 10 heteroatoms. The Morgan fingerprint density at radius 1 is 1.18 bits per heavy atom. The van der Waals surface area contributed by atoms with Crippen LogP contribution in [0.15, 0.2) is 56.7 Å². The molecule has 4 aromatic rings. The highest BCUT2D eigenvalue weighted by atomic mass is 32.2. The maximum Gasteiger partial charge on any atom is 0.419 e. The van der Waals surface area contributed by atoms with Crippen molar-refractivity contribution in [2.75, 3.05) is 6.54 Å². The number of hydrogen-bond donors (Lipinski definition) is 0. The van der Waals surface area contributed by atoms with E-state index in [0.717, 1.165) is 6.42 Å². The minimum absolute atomic E-state index is 0.0927. The molecule has 0 radical (unpaired) electrons. The molecule has 5 rings (SSSR count). The molecule has 1 saturated heterocycles. The Hall–Kier alpha value is -2.98. The first-order valence-corrected chi connectivity index (χ1v) is 10.3. The summed E-state index contributed by atoms with van der Waals surface area (Å²) in [6.07, 6.45) is 3.23. The predicted octanol–water partition coefficient (Wildman–Crippen LogP) is 1.70. The van der Waals surface area contributed by atoms with Gasteiger partial charge in [-0.3, -0.25) is 8.97 Å². The molecule has 0 unspecified atom stereocenters. The van der Waals surface area contributed by atoms with Crippen molar-refractivity contribution in [3.05, 3.63) is 59.0 Å². The highest BCUT2D eigenvalue weighted by Crippen LogP contribution is 2.36. The highest BCUT2D eigenvalue weighted by molar-refractivity contribution is 7.89. The Kier molecular flexibility index (Phi) is 3.68. The second kappa shape index (κ2) is 6.01. The predicted molar refractivity (Wildman–Crippen MR) is 100 cm³/mol. The zero-order valence-electron chi connectivity index (χ0n) is 15.0. The molecule has 28 heavy (non-hydrogen) atoms. The van der Waals surface area contributed by atoms with Crippen LogP contribution in [0.5, 0.6) is 0 Å². The molecule has 0 saturated carbocycles. The zero-order valence-corrected chi connectivity index (χ0v) is 15.8. The summed E-state index contributed by atoms with van der Waals surface area (Å²) < 4.78 is 36.5. The molecule has 1 aliphatic heterocycles. The highest BCUT2D eigenvalue weighted by Gasteiger charge is 2.38. The van der Waals surface area contributed by atoms with E-state index in [2.05, 4.69) is 10.2 Å². The number of rotatable bonds is 3.